The molecule has 15 heavy (non-hydrogen) atoms. The molecule has 84 valence electrons. The van der Waals surface area contributed by atoms with E-state index >= 15 is 0 Å². The maximum Gasteiger partial charge on any atom is 0.0762 e. The van der Waals surface area contributed by atoms with Gasteiger partial charge >= 0.3 is 0 Å². The monoisotopic (exact) mass is 210 g/mol. The van der Waals surface area contributed by atoms with Crippen LogP contribution in [-0.4, -0.2) is 15.3 Å². The fourth-order valence-corrected chi connectivity index (χ4v) is 1.43. The van der Waals surface area contributed by atoms with Gasteiger partial charge in [0.15, 0.2) is 0 Å². The van der Waals surface area contributed by atoms with Gasteiger partial charge in [0.05, 0.1) is 18.3 Å². The SMILES string of the molecule is C[C@@H](O)c1cc([C@@H](C)O)cc([C@@H](C)O)c1. The van der Waals surface area contributed by atoms with Crippen LogP contribution in [0, 0.1) is 0 Å². The quantitative estimate of drug-likeness (QED) is 0.713. The van der Waals surface area contributed by atoms with Gasteiger partial charge in [-0.05, 0) is 37.5 Å². The Morgan fingerprint density at radius 3 is 1.00 bits per heavy atom. The van der Waals surface area contributed by atoms with Crippen molar-refractivity contribution in [2.75, 3.05) is 0 Å². The van der Waals surface area contributed by atoms with E-state index in [4.69, 9.17) is 0 Å². The highest BCUT2D eigenvalue weighted by molar-refractivity contribution is 5.33. The van der Waals surface area contributed by atoms with E-state index in [2.05, 4.69) is 0 Å². The van der Waals surface area contributed by atoms with Crippen LogP contribution in [0.1, 0.15) is 55.8 Å². The normalized spacial score (nSPS) is 17.2. The van der Waals surface area contributed by atoms with Gasteiger partial charge in [0.2, 0.25) is 0 Å². The van der Waals surface area contributed by atoms with E-state index in [9.17, 15) is 15.3 Å². The summed E-state index contributed by atoms with van der Waals surface area (Å²) in [7, 11) is 0. The van der Waals surface area contributed by atoms with Crippen LogP contribution in [0.15, 0.2) is 18.2 Å². The van der Waals surface area contributed by atoms with Crippen molar-refractivity contribution < 1.29 is 15.3 Å². The molecule has 3 heteroatoms. The summed E-state index contributed by atoms with van der Waals surface area (Å²) in [5.41, 5.74) is 2.14. The minimum atomic E-state index is -0.596. The molecule has 0 unspecified atom stereocenters. The summed E-state index contributed by atoms with van der Waals surface area (Å²) in [6.45, 7) is 4.98. The first-order valence-corrected chi connectivity index (χ1v) is 5.10. The molecule has 0 bridgehead atoms. The van der Waals surface area contributed by atoms with E-state index in [1.54, 1.807) is 39.0 Å². The maximum absolute atomic E-state index is 9.47. The molecule has 1 aromatic carbocycles. The van der Waals surface area contributed by atoms with Gasteiger partial charge in [-0.3, -0.25) is 0 Å². The summed E-state index contributed by atoms with van der Waals surface area (Å²) in [6.07, 6.45) is -1.79. The lowest BCUT2D eigenvalue weighted by molar-refractivity contribution is 0.186. The number of aliphatic hydroxyl groups is 3. The molecule has 0 aliphatic heterocycles. The second-order valence-electron chi connectivity index (χ2n) is 3.96. The van der Waals surface area contributed by atoms with E-state index in [0.29, 0.717) is 16.7 Å². The predicted octanol–water partition coefficient (Wildman–Crippen LogP) is 1.85. The van der Waals surface area contributed by atoms with Crippen molar-refractivity contribution in [3.63, 3.8) is 0 Å². The molecular formula is C12H18O3. The zero-order valence-electron chi connectivity index (χ0n) is 9.31. The molecule has 3 nitrogen and oxygen atoms in total. The Labute approximate surface area is 90.0 Å². The minimum Gasteiger partial charge on any atom is -0.389 e. The summed E-state index contributed by atoms with van der Waals surface area (Å²) in [4.78, 5) is 0. The Kier molecular flexibility index (Phi) is 3.85. The fourth-order valence-electron chi connectivity index (χ4n) is 1.43. The Bertz CT molecular complexity index is 265. The lowest BCUT2D eigenvalue weighted by Crippen LogP contribution is -2.01. The largest absolute Gasteiger partial charge is 0.389 e. The third-order valence-electron chi connectivity index (χ3n) is 2.45. The van der Waals surface area contributed by atoms with Crippen molar-refractivity contribution in [2.24, 2.45) is 0 Å². The first kappa shape index (κ1) is 12.2. The third kappa shape index (κ3) is 3.02. The second-order valence-corrected chi connectivity index (χ2v) is 3.96. The highest BCUT2D eigenvalue weighted by Gasteiger charge is 2.11. The molecule has 0 spiro atoms. The van der Waals surface area contributed by atoms with E-state index in [1.807, 2.05) is 0 Å². The van der Waals surface area contributed by atoms with Gasteiger partial charge in [0, 0.05) is 0 Å². The van der Waals surface area contributed by atoms with Crippen molar-refractivity contribution >= 4 is 0 Å². The number of hydrogen-bond donors (Lipinski definition) is 3. The van der Waals surface area contributed by atoms with Crippen molar-refractivity contribution in [3.05, 3.63) is 34.9 Å². The standard InChI is InChI=1S/C12H18O3/c1-7(13)10-4-11(8(2)14)6-12(5-10)9(3)15/h4-9,13-15H,1-3H3/t7-,8-,9-/m1/s1. The molecule has 1 aromatic rings. The molecule has 0 saturated carbocycles. The molecule has 0 aromatic heterocycles. The Morgan fingerprint density at radius 1 is 0.667 bits per heavy atom. The summed E-state index contributed by atoms with van der Waals surface area (Å²) in [6, 6.07) is 5.25. The zero-order valence-corrected chi connectivity index (χ0v) is 9.31. The first-order chi connectivity index (χ1) is 6.91. The summed E-state index contributed by atoms with van der Waals surface area (Å²) >= 11 is 0. The van der Waals surface area contributed by atoms with Gasteiger partial charge in [-0.25, -0.2) is 0 Å². The van der Waals surface area contributed by atoms with E-state index in [1.165, 1.54) is 0 Å². The van der Waals surface area contributed by atoms with E-state index in [-0.39, 0.29) is 0 Å². The van der Waals surface area contributed by atoms with E-state index < -0.39 is 18.3 Å². The highest BCUT2D eigenvalue weighted by atomic mass is 16.3. The third-order valence-corrected chi connectivity index (χ3v) is 2.45. The zero-order chi connectivity index (χ0) is 11.6. The summed E-state index contributed by atoms with van der Waals surface area (Å²) < 4.78 is 0. The smallest absolute Gasteiger partial charge is 0.0762 e. The van der Waals surface area contributed by atoms with Crippen LogP contribution < -0.4 is 0 Å². The Hall–Kier alpha value is -0.900. The van der Waals surface area contributed by atoms with Gasteiger partial charge < -0.3 is 15.3 Å². The Balaban J connectivity index is 3.20. The molecule has 0 fully saturated rings. The van der Waals surface area contributed by atoms with E-state index in [0.717, 1.165) is 0 Å². The van der Waals surface area contributed by atoms with Crippen LogP contribution in [0.3, 0.4) is 0 Å². The number of hydrogen-bond acceptors (Lipinski definition) is 3. The average molecular weight is 210 g/mol. The van der Waals surface area contributed by atoms with Gasteiger partial charge in [0.25, 0.3) is 0 Å². The van der Waals surface area contributed by atoms with Crippen molar-refractivity contribution in [1.29, 1.82) is 0 Å². The number of benzene rings is 1. The van der Waals surface area contributed by atoms with Gasteiger partial charge in [0.1, 0.15) is 0 Å². The number of aliphatic hydroxyl groups excluding tert-OH is 3. The maximum atomic E-state index is 9.47. The van der Waals surface area contributed by atoms with Crippen LogP contribution in [-0.2, 0) is 0 Å². The average Bonchev–Trinajstić information content (AvgIpc) is 2.16. The van der Waals surface area contributed by atoms with Crippen molar-refractivity contribution in [2.45, 2.75) is 39.1 Å². The Morgan fingerprint density at radius 2 is 0.867 bits per heavy atom. The van der Waals surface area contributed by atoms with Crippen LogP contribution in [0.25, 0.3) is 0 Å². The molecule has 0 aliphatic rings. The van der Waals surface area contributed by atoms with Crippen LogP contribution in [0.2, 0.25) is 0 Å². The fraction of sp³-hybridized carbons (Fsp3) is 0.500. The van der Waals surface area contributed by atoms with Crippen LogP contribution in [0.4, 0.5) is 0 Å². The summed E-state index contributed by atoms with van der Waals surface area (Å²) in [5, 5.41) is 28.4. The first-order valence-electron chi connectivity index (χ1n) is 5.10. The van der Waals surface area contributed by atoms with Crippen molar-refractivity contribution in [3.8, 4) is 0 Å². The second kappa shape index (κ2) is 4.75. The molecule has 0 amide bonds. The lowest BCUT2D eigenvalue weighted by atomic mass is 9.98. The molecule has 0 saturated heterocycles. The molecule has 3 atom stereocenters. The topological polar surface area (TPSA) is 60.7 Å². The van der Waals surface area contributed by atoms with Gasteiger partial charge in [-0.15, -0.1) is 0 Å². The predicted molar refractivity (Wildman–Crippen MR) is 58.3 cm³/mol. The summed E-state index contributed by atoms with van der Waals surface area (Å²) in [5.74, 6) is 0. The number of rotatable bonds is 3. The lowest BCUT2D eigenvalue weighted by Gasteiger charge is -2.14. The van der Waals surface area contributed by atoms with Crippen LogP contribution >= 0.6 is 0 Å². The molecule has 1 rings (SSSR count). The van der Waals surface area contributed by atoms with Gasteiger partial charge in [-0.2, -0.15) is 0 Å². The molecule has 0 heterocycles. The highest BCUT2D eigenvalue weighted by Crippen LogP contribution is 2.24. The molecule has 3 N–H and O–H groups in total. The van der Waals surface area contributed by atoms with Crippen molar-refractivity contribution in [1.82, 2.24) is 0 Å². The minimum absolute atomic E-state index is 0.596. The molecule has 0 radical (unpaired) electrons. The molecule has 0 aliphatic carbocycles. The van der Waals surface area contributed by atoms with Gasteiger partial charge in [-0.1, -0.05) is 18.2 Å². The van der Waals surface area contributed by atoms with Crippen LogP contribution in [0.5, 0.6) is 0 Å². The molecular weight excluding hydrogens is 192 g/mol.